The summed E-state index contributed by atoms with van der Waals surface area (Å²) in [6.45, 7) is -0.00300. The molecular formula is C24H27F4N3O3S2. The summed E-state index contributed by atoms with van der Waals surface area (Å²) in [5.41, 5.74) is -1.22. The van der Waals surface area contributed by atoms with Crippen LogP contribution in [0.15, 0.2) is 35.4 Å². The number of carbonyl (C=O) groups is 1. The predicted molar refractivity (Wildman–Crippen MR) is 130 cm³/mol. The third kappa shape index (κ3) is 6.31. The molecule has 1 amide bonds. The van der Waals surface area contributed by atoms with Crippen molar-refractivity contribution in [1.29, 1.82) is 0 Å². The fourth-order valence-corrected chi connectivity index (χ4v) is 6.31. The highest BCUT2D eigenvalue weighted by Crippen LogP contribution is 2.49. The second kappa shape index (κ2) is 10.2. The Morgan fingerprint density at radius 2 is 1.83 bits per heavy atom. The SMILES string of the molecule is CS(=O)(=O)Nc1ccc(C2(C(=O)NCc3ccc(C(F)(F)F)nc3SC3CCCCC3)CC2)cc1F. The quantitative estimate of drug-likeness (QED) is 0.435. The maximum atomic E-state index is 14.5. The van der Waals surface area contributed by atoms with Gasteiger partial charge in [0, 0.05) is 17.4 Å². The van der Waals surface area contributed by atoms with Gasteiger partial charge < -0.3 is 5.32 Å². The van der Waals surface area contributed by atoms with E-state index in [1.807, 2.05) is 0 Å². The van der Waals surface area contributed by atoms with E-state index in [-0.39, 0.29) is 28.4 Å². The summed E-state index contributed by atoms with van der Waals surface area (Å²) in [5.74, 6) is -1.16. The Kier molecular flexibility index (Phi) is 7.57. The zero-order chi connectivity index (χ0) is 26.1. The topological polar surface area (TPSA) is 88.2 Å². The lowest BCUT2D eigenvalue weighted by Crippen LogP contribution is -2.34. The number of pyridine rings is 1. The van der Waals surface area contributed by atoms with Crippen molar-refractivity contribution >= 4 is 33.4 Å². The van der Waals surface area contributed by atoms with Gasteiger partial charge in [0.1, 0.15) is 16.5 Å². The molecule has 12 heteroatoms. The lowest BCUT2D eigenvalue weighted by molar-refractivity contribution is -0.141. The Hall–Kier alpha value is -2.34. The normalized spacial score (nSPS) is 18.0. The fourth-order valence-electron chi connectivity index (χ4n) is 4.42. The van der Waals surface area contributed by atoms with E-state index in [1.165, 1.54) is 30.0 Å². The summed E-state index contributed by atoms with van der Waals surface area (Å²) in [4.78, 5) is 17.0. The standard InChI is InChI=1S/C24H27F4N3O3S2/c1-36(33,34)31-19-9-8-16(13-18(19)25)23(11-12-23)22(32)29-14-15-7-10-20(24(26,27)28)30-21(15)35-17-5-3-2-4-6-17/h7-10,13,17,31H,2-6,11-12,14H2,1H3,(H,29,32). The van der Waals surface area contributed by atoms with E-state index in [0.29, 0.717) is 24.0 Å². The van der Waals surface area contributed by atoms with Crippen LogP contribution in [0, 0.1) is 5.82 Å². The van der Waals surface area contributed by atoms with Gasteiger partial charge in [0.2, 0.25) is 15.9 Å². The van der Waals surface area contributed by atoms with Gasteiger partial charge in [0.15, 0.2) is 0 Å². The van der Waals surface area contributed by atoms with Crippen LogP contribution < -0.4 is 10.0 Å². The Labute approximate surface area is 211 Å². The highest BCUT2D eigenvalue weighted by atomic mass is 32.2. The summed E-state index contributed by atoms with van der Waals surface area (Å²) in [6, 6.07) is 6.20. The molecule has 2 saturated carbocycles. The number of hydrogen-bond acceptors (Lipinski definition) is 5. The van der Waals surface area contributed by atoms with Gasteiger partial charge in [-0.05, 0) is 49.4 Å². The Morgan fingerprint density at radius 1 is 1.14 bits per heavy atom. The van der Waals surface area contributed by atoms with E-state index < -0.39 is 33.1 Å². The first-order valence-corrected chi connectivity index (χ1v) is 14.4. The third-order valence-corrected chi connectivity index (χ3v) is 8.47. The minimum Gasteiger partial charge on any atom is -0.351 e. The number of nitrogens with zero attached hydrogens (tertiary/aromatic N) is 1. The van der Waals surface area contributed by atoms with Crippen molar-refractivity contribution in [3.05, 3.63) is 53.0 Å². The number of sulfonamides is 1. The van der Waals surface area contributed by atoms with Crippen LogP contribution in [0.5, 0.6) is 0 Å². The number of rotatable bonds is 8. The summed E-state index contributed by atoms with van der Waals surface area (Å²) < 4.78 is 79.2. The molecule has 196 valence electrons. The smallest absolute Gasteiger partial charge is 0.351 e. The number of alkyl halides is 3. The minimum absolute atomic E-state index is 0.00300. The van der Waals surface area contributed by atoms with Crippen molar-refractivity contribution in [1.82, 2.24) is 10.3 Å². The second-order valence-corrected chi connectivity index (χ2v) is 12.4. The molecule has 2 aromatic rings. The molecule has 0 radical (unpaired) electrons. The zero-order valence-electron chi connectivity index (χ0n) is 19.6. The van der Waals surface area contributed by atoms with Crippen molar-refractivity contribution in [2.45, 2.75) is 73.4 Å². The van der Waals surface area contributed by atoms with Crippen molar-refractivity contribution in [2.75, 3.05) is 11.0 Å². The molecule has 36 heavy (non-hydrogen) atoms. The van der Waals surface area contributed by atoms with Gasteiger partial charge in [-0.2, -0.15) is 13.2 Å². The van der Waals surface area contributed by atoms with Crippen LogP contribution in [0.25, 0.3) is 0 Å². The summed E-state index contributed by atoms with van der Waals surface area (Å²) >= 11 is 1.33. The van der Waals surface area contributed by atoms with E-state index in [4.69, 9.17) is 0 Å². The van der Waals surface area contributed by atoms with Gasteiger partial charge in [0.05, 0.1) is 17.4 Å². The summed E-state index contributed by atoms with van der Waals surface area (Å²) in [5, 5.41) is 3.25. The lowest BCUT2D eigenvalue weighted by atomic mass is 9.94. The first kappa shape index (κ1) is 26.7. The number of nitrogens with one attached hydrogen (secondary N) is 2. The molecule has 1 heterocycles. The molecule has 0 atom stereocenters. The molecule has 0 spiro atoms. The first-order valence-electron chi connectivity index (χ1n) is 11.7. The fraction of sp³-hybridized carbons (Fsp3) is 0.500. The average molecular weight is 546 g/mol. The zero-order valence-corrected chi connectivity index (χ0v) is 21.3. The van der Waals surface area contributed by atoms with Gasteiger partial charge in [-0.25, -0.2) is 17.8 Å². The number of halogens is 4. The van der Waals surface area contributed by atoms with E-state index in [1.54, 1.807) is 0 Å². The molecule has 2 aliphatic rings. The Bertz CT molecular complexity index is 1240. The minimum atomic E-state index is -4.57. The molecule has 0 unspecified atom stereocenters. The first-order chi connectivity index (χ1) is 16.9. The van der Waals surface area contributed by atoms with Crippen LogP contribution in [-0.4, -0.2) is 30.8 Å². The largest absolute Gasteiger partial charge is 0.433 e. The van der Waals surface area contributed by atoms with Crippen molar-refractivity contribution in [3.63, 3.8) is 0 Å². The molecule has 2 fully saturated rings. The van der Waals surface area contributed by atoms with Crippen molar-refractivity contribution < 1.29 is 30.8 Å². The van der Waals surface area contributed by atoms with E-state index in [0.717, 1.165) is 50.5 Å². The molecular weight excluding hydrogens is 518 g/mol. The second-order valence-electron chi connectivity index (χ2n) is 9.37. The maximum absolute atomic E-state index is 14.5. The highest BCUT2D eigenvalue weighted by molar-refractivity contribution is 7.99. The molecule has 0 bridgehead atoms. The summed E-state index contributed by atoms with van der Waals surface area (Å²) in [6.07, 6.45) is 2.29. The number of benzene rings is 1. The van der Waals surface area contributed by atoms with E-state index in [9.17, 15) is 30.8 Å². The van der Waals surface area contributed by atoms with Gasteiger partial charge in [-0.3, -0.25) is 9.52 Å². The molecule has 0 aliphatic heterocycles. The Balaban J connectivity index is 1.50. The maximum Gasteiger partial charge on any atom is 0.433 e. The number of carbonyl (C=O) groups excluding carboxylic acids is 1. The number of anilines is 1. The molecule has 1 aromatic carbocycles. The Morgan fingerprint density at radius 3 is 2.42 bits per heavy atom. The molecule has 4 rings (SSSR count). The van der Waals surface area contributed by atoms with Crippen LogP contribution >= 0.6 is 11.8 Å². The molecule has 0 saturated heterocycles. The van der Waals surface area contributed by atoms with Gasteiger partial charge in [-0.1, -0.05) is 31.4 Å². The third-order valence-electron chi connectivity index (χ3n) is 6.50. The van der Waals surface area contributed by atoms with Crippen LogP contribution in [0.1, 0.15) is 61.8 Å². The van der Waals surface area contributed by atoms with Gasteiger partial charge >= 0.3 is 6.18 Å². The average Bonchev–Trinajstić information content (AvgIpc) is 3.61. The number of aromatic nitrogens is 1. The molecule has 6 nitrogen and oxygen atoms in total. The van der Waals surface area contributed by atoms with Gasteiger partial charge in [-0.15, -0.1) is 11.8 Å². The molecule has 2 N–H and O–H groups in total. The van der Waals surface area contributed by atoms with Crippen LogP contribution in [0.4, 0.5) is 23.2 Å². The number of hydrogen-bond donors (Lipinski definition) is 2. The van der Waals surface area contributed by atoms with Crippen molar-refractivity contribution in [2.24, 2.45) is 0 Å². The highest BCUT2D eigenvalue weighted by Gasteiger charge is 2.51. The van der Waals surface area contributed by atoms with Crippen molar-refractivity contribution in [3.8, 4) is 0 Å². The lowest BCUT2D eigenvalue weighted by Gasteiger charge is -2.22. The summed E-state index contributed by atoms with van der Waals surface area (Å²) in [7, 11) is -3.66. The van der Waals surface area contributed by atoms with E-state index >= 15 is 0 Å². The number of amides is 1. The molecule has 1 aromatic heterocycles. The molecule has 2 aliphatic carbocycles. The number of thioether (sulfide) groups is 1. The van der Waals surface area contributed by atoms with Crippen LogP contribution in [-0.2, 0) is 33.0 Å². The predicted octanol–water partition coefficient (Wildman–Crippen LogP) is 5.38. The van der Waals surface area contributed by atoms with E-state index in [2.05, 4.69) is 15.0 Å². The van der Waals surface area contributed by atoms with Gasteiger partial charge in [0.25, 0.3) is 0 Å². The van der Waals surface area contributed by atoms with Crippen LogP contribution in [0.3, 0.4) is 0 Å². The monoisotopic (exact) mass is 545 g/mol. The van der Waals surface area contributed by atoms with Crippen LogP contribution in [0.2, 0.25) is 0 Å².